The van der Waals surface area contributed by atoms with E-state index in [4.69, 9.17) is 0 Å². The monoisotopic (exact) mass is 727 g/mol. The summed E-state index contributed by atoms with van der Waals surface area (Å²) in [6.07, 6.45) is 27.1. The molecule has 0 N–H and O–H groups in total. The Labute approximate surface area is 316 Å². The average Bonchev–Trinajstić information content (AvgIpc) is 3.41. The van der Waals surface area contributed by atoms with E-state index in [-0.39, 0.29) is 0 Å². The maximum absolute atomic E-state index is 11.8. The number of hydrogen-bond acceptors (Lipinski definition) is 0. The van der Waals surface area contributed by atoms with E-state index in [9.17, 15) is 5.53 Å². The minimum absolute atomic E-state index is 0.923. The van der Waals surface area contributed by atoms with Gasteiger partial charge in [0, 0.05) is 22.8 Å². The van der Waals surface area contributed by atoms with Gasteiger partial charge in [0.15, 0.2) is 0 Å². The van der Waals surface area contributed by atoms with Crippen LogP contribution in [0.4, 0.5) is 0 Å². The third kappa shape index (κ3) is 14.6. The van der Waals surface area contributed by atoms with Gasteiger partial charge in [-0.3, -0.25) is 0 Å². The molecule has 3 heteroatoms. The zero-order valence-electron chi connectivity index (χ0n) is 34.2. The van der Waals surface area contributed by atoms with Crippen LogP contribution in [0.15, 0.2) is 35.9 Å². The van der Waals surface area contributed by atoms with Crippen LogP contribution in [0.25, 0.3) is 16.9 Å². The molecule has 1 aliphatic heterocycles. The van der Waals surface area contributed by atoms with Crippen LogP contribution in [-0.4, -0.2) is 4.70 Å². The predicted octanol–water partition coefficient (Wildman–Crippen LogP) is 15.6. The first-order chi connectivity index (χ1) is 24.3. The summed E-state index contributed by atoms with van der Waals surface area (Å²) in [5.74, 6) is 0. The van der Waals surface area contributed by atoms with E-state index in [1.165, 1.54) is 157 Å². The summed E-state index contributed by atoms with van der Waals surface area (Å²) in [5.41, 5.74) is 25.9. The molecule has 0 amide bonds. The predicted molar refractivity (Wildman–Crippen MR) is 219 cm³/mol. The van der Waals surface area contributed by atoms with Gasteiger partial charge in [-0.2, -0.15) is 0 Å². The van der Waals surface area contributed by atoms with Crippen LogP contribution < -0.4 is 0 Å². The van der Waals surface area contributed by atoms with Crippen LogP contribution in [0.5, 0.6) is 0 Å². The van der Waals surface area contributed by atoms with Gasteiger partial charge in [0.05, 0.1) is 0 Å². The van der Waals surface area contributed by atoms with Crippen molar-refractivity contribution in [3.05, 3.63) is 86.0 Å². The van der Waals surface area contributed by atoms with Crippen LogP contribution >= 0.6 is 0 Å². The molecule has 0 saturated heterocycles. The molecule has 0 aromatic heterocycles. The van der Waals surface area contributed by atoms with E-state index >= 15 is 0 Å². The molecule has 2 aromatic rings. The number of unbranched alkanes of at least 4 members (excludes halogenated alkanes) is 10. The van der Waals surface area contributed by atoms with E-state index in [1.807, 2.05) is 14.4 Å². The Balaban J connectivity index is 0.000000845. The molecule has 1 heterocycles. The summed E-state index contributed by atoms with van der Waals surface area (Å²) >= 11 is 1.94. The van der Waals surface area contributed by atoms with Crippen LogP contribution in [-0.2, 0) is 40.1 Å². The fraction of sp³-hybridized carbons (Fsp3) is 0.660. The Morgan fingerprint density at radius 3 is 1.16 bits per heavy atom. The summed E-state index contributed by atoms with van der Waals surface area (Å²) in [6, 6.07) is 9.46. The normalized spacial score (nSPS) is 12.9. The standard InChI is InChI=1S/C39H58N2.2C4H9.Ni/c1-8-12-16-20-32-25-36(26-33(30(32)6)21-17-13-9-2)38-24-29(5)39(41(38)40)37-27-34(22-18-14-10-3)31(7)35(28-37)23-19-15-11-4;2*1-3-4-2;/h24-28H,8-23H2,1-7H3;2*1,3-4H2,2H3;. The van der Waals surface area contributed by atoms with Gasteiger partial charge in [0.1, 0.15) is 0 Å². The van der Waals surface area contributed by atoms with Crippen molar-refractivity contribution < 1.29 is 19.1 Å². The molecular formula is C47H76N2Ni. The summed E-state index contributed by atoms with van der Waals surface area (Å²) in [7, 11) is 0. The van der Waals surface area contributed by atoms with Gasteiger partial charge in [-0.1, -0.05) is 79.1 Å². The van der Waals surface area contributed by atoms with E-state index in [2.05, 4.69) is 92.7 Å². The van der Waals surface area contributed by atoms with Crippen molar-refractivity contribution in [1.82, 2.24) is 0 Å². The van der Waals surface area contributed by atoms with Gasteiger partial charge < -0.3 is 5.53 Å². The van der Waals surface area contributed by atoms with Gasteiger partial charge in [-0.15, -0.1) is 0 Å². The zero-order valence-corrected chi connectivity index (χ0v) is 35.1. The quantitative estimate of drug-likeness (QED) is 0.0585. The zero-order chi connectivity index (χ0) is 36.7. The number of rotatable bonds is 24. The number of aryl methyl sites for hydroxylation is 4. The molecule has 2 nitrogen and oxygen atoms in total. The first-order valence-corrected chi connectivity index (χ1v) is 22.3. The second-order valence-corrected chi connectivity index (χ2v) is 16.2. The van der Waals surface area contributed by atoms with Crippen molar-refractivity contribution in [2.45, 2.75) is 202 Å². The van der Waals surface area contributed by atoms with Crippen LogP contribution in [0.1, 0.15) is 196 Å². The minimum atomic E-state index is 0.923. The second-order valence-electron chi connectivity index (χ2n) is 14.7. The first-order valence-electron chi connectivity index (χ1n) is 20.9. The SMILES string of the molecule is CCCCCc1cc(C2=CC(C)=C(c3cc(CCCCC)c(C)c(CCCCC)c3)[N+]2=[N-])cc(CCCCC)c1C.CCC[CH2][Ni][CH2]CCC. The fourth-order valence-corrected chi connectivity index (χ4v) is 8.34. The van der Waals surface area contributed by atoms with Crippen molar-refractivity contribution in [2.24, 2.45) is 0 Å². The Bertz CT molecular complexity index is 1280. The van der Waals surface area contributed by atoms with Crippen LogP contribution in [0, 0.1) is 13.8 Å². The van der Waals surface area contributed by atoms with Crippen molar-refractivity contribution in [2.75, 3.05) is 0 Å². The Kier molecular flexibility index (Phi) is 22.9. The molecule has 284 valence electrons. The molecule has 1 aliphatic rings. The van der Waals surface area contributed by atoms with E-state index in [0.717, 1.165) is 48.2 Å². The van der Waals surface area contributed by atoms with Gasteiger partial charge in [-0.25, -0.2) is 4.70 Å². The van der Waals surface area contributed by atoms with Gasteiger partial charge in [0.2, 0.25) is 11.4 Å². The molecule has 0 bridgehead atoms. The summed E-state index contributed by atoms with van der Waals surface area (Å²) in [6.45, 7) is 20.4. The summed E-state index contributed by atoms with van der Waals surface area (Å²) in [4.78, 5) is 0. The van der Waals surface area contributed by atoms with Crippen molar-refractivity contribution in [3.8, 4) is 0 Å². The van der Waals surface area contributed by atoms with Crippen LogP contribution in [0.2, 0.25) is 10.8 Å². The third-order valence-corrected chi connectivity index (χ3v) is 11.7. The molecule has 0 spiro atoms. The third-order valence-electron chi connectivity index (χ3n) is 10.3. The molecule has 3 rings (SSSR count). The van der Waals surface area contributed by atoms with E-state index < -0.39 is 0 Å². The Hall–Kier alpha value is -1.99. The molecule has 0 aliphatic carbocycles. The molecule has 0 fully saturated rings. The fourth-order valence-electron chi connectivity index (χ4n) is 6.90. The molecular weight excluding hydrogens is 651 g/mol. The average molecular weight is 728 g/mol. The molecule has 0 unspecified atom stereocenters. The van der Waals surface area contributed by atoms with Crippen LogP contribution in [0.3, 0.4) is 0 Å². The van der Waals surface area contributed by atoms with Crippen molar-refractivity contribution in [1.29, 1.82) is 0 Å². The van der Waals surface area contributed by atoms with Crippen molar-refractivity contribution >= 4 is 11.4 Å². The molecule has 0 radical (unpaired) electrons. The number of benzene rings is 2. The first kappa shape index (κ1) is 44.2. The van der Waals surface area contributed by atoms with Gasteiger partial charge in [-0.05, 0) is 130 Å². The molecule has 0 atom stereocenters. The van der Waals surface area contributed by atoms with E-state index in [1.54, 1.807) is 0 Å². The van der Waals surface area contributed by atoms with Crippen molar-refractivity contribution in [3.63, 3.8) is 0 Å². The Morgan fingerprint density at radius 2 is 0.820 bits per heavy atom. The van der Waals surface area contributed by atoms with Gasteiger partial charge >= 0.3 is 64.8 Å². The second kappa shape index (κ2) is 25.9. The number of nitrogens with zero attached hydrogens (tertiary/aromatic N) is 2. The summed E-state index contributed by atoms with van der Waals surface area (Å²) < 4.78 is 1.50. The number of hydrogen-bond donors (Lipinski definition) is 0. The summed E-state index contributed by atoms with van der Waals surface area (Å²) in [5, 5.41) is 2.78. The van der Waals surface area contributed by atoms with E-state index in [0.29, 0.717) is 0 Å². The topological polar surface area (TPSA) is 25.3 Å². The maximum atomic E-state index is 11.8. The number of allylic oxidation sites excluding steroid dienone is 2. The van der Waals surface area contributed by atoms with Gasteiger partial charge in [0.25, 0.3) is 0 Å². The molecule has 0 saturated carbocycles. The molecule has 2 aromatic carbocycles. The molecule has 50 heavy (non-hydrogen) atoms. The Morgan fingerprint density at radius 1 is 0.480 bits per heavy atom.